The van der Waals surface area contributed by atoms with Gasteiger partial charge < -0.3 is 10.5 Å². The minimum atomic E-state index is 0.378. The van der Waals surface area contributed by atoms with Crippen molar-refractivity contribution in [2.75, 3.05) is 5.73 Å². The molecule has 1 aromatic carbocycles. The van der Waals surface area contributed by atoms with Crippen LogP contribution in [0.1, 0.15) is 12.6 Å². The van der Waals surface area contributed by atoms with Crippen molar-refractivity contribution in [3.63, 3.8) is 0 Å². The highest BCUT2D eigenvalue weighted by atomic mass is 16.5. The van der Waals surface area contributed by atoms with Gasteiger partial charge in [0.25, 0.3) is 0 Å². The number of nitrogen functional groups attached to an aromatic ring is 1. The maximum Gasteiger partial charge on any atom is 0.166 e. The summed E-state index contributed by atoms with van der Waals surface area (Å²) in [5, 5.41) is 5.69. The molecule has 0 bridgehead atoms. The second-order valence-corrected chi connectivity index (χ2v) is 4.46. The molecule has 0 aliphatic carbocycles. The zero-order valence-electron chi connectivity index (χ0n) is 11.3. The SMILES string of the molecule is CCn1nc(COc2cccnc2N)c2ccccc21. The van der Waals surface area contributed by atoms with Gasteiger partial charge in [0.2, 0.25) is 0 Å². The van der Waals surface area contributed by atoms with E-state index in [2.05, 4.69) is 29.1 Å². The number of rotatable bonds is 4. The molecule has 0 aliphatic heterocycles. The van der Waals surface area contributed by atoms with Crippen molar-refractivity contribution in [2.24, 2.45) is 0 Å². The number of para-hydroxylation sites is 1. The fraction of sp³-hybridized carbons (Fsp3) is 0.200. The lowest BCUT2D eigenvalue weighted by Gasteiger charge is -2.06. The van der Waals surface area contributed by atoms with Gasteiger partial charge in [0.15, 0.2) is 11.6 Å². The molecule has 0 amide bonds. The fourth-order valence-electron chi connectivity index (χ4n) is 2.21. The lowest BCUT2D eigenvalue weighted by atomic mass is 10.2. The molecule has 0 fully saturated rings. The van der Waals surface area contributed by atoms with Gasteiger partial charge in [-0.25, -0.2) is 4.98 Å². The van der Waals surface area contributed by atoms with E-state index in [1.165, 1.54) is 0 Å². The third-order valence-corrected chi connectivity index (χ3v) is 3.20. The van der Waals surface area contributed by atoms with Gasteiger partial charge in [0, 0.05) is 18.1 Å². The van der Waals surface area contributed by atoms with Gasteiger partial charge in [0.05, 0.1) is 5.52 Å². The maximum absolute atomic E-state index is 5.77. The van der Waals surface area contributed by atoms with Crippen LogP contribution >= 0.6 is 0 Å². The number of aromatic nitrogens is 3. The first-order valence-electron chi connectivity index (χ1n) is 6.57. The van der Waals surface area contributed by atoms with Crippen LogP contribution in [0, 0.1) is 0 Å². The average molecular weight is 268 g/mol. The van der Waals surface area contributed by atoms with Crippen molar-refractivity contribution in [3.05, 3.63) is 48.3 Å². The second kappa shape index (κ2) is 5.21. The standard InChI is InChI=1S/C15H16N4O/c1-2-19-13-7-4-3-6-11(13)12(18-19)10-20-14-8-5-9-17-15(14)16/h3-9H,2,10H2,1H3,(H2,16,17). The minimum absolute atomic E-state index is 0.378. The number of aryl methyl sites for hydroxylation is 1. The lowest BCUT2D eigenvalue weighted by molar-refractivity contribution is 0.301. The molecule has 20 heavy (non-hydrogen) atoms. The molecule has 0 spiro atoms. The first-order valence-corrected chi connectivity index (χ1v) is 6.57. The summed E-state index contributed by atoms with van der Waals surface area (Å²) in [7, 11) is 0. The Morgan fingerprint density at radius 2 is 2.05 bits per heavy atom. The van der Waals surface area contributed by atoms with Crippen molar-refractivity contribution in [1.82, 2.24) is 14.8 Å². The molecule has 2 aromatic heterocycles. The molecule has 0 unspecified atom stereocenters. The van der Waals surface area contributed by atoms with Crippen LogP contribution in [0.3, 0.4) is 0 Å². The number of ether oxygens (including phenoxy) is 1. The van der Waals surface area contributed by atoms with E-state index in [4.69, 9.17) is 10.5 Å². The average Bonchev–Trinajstić information content (AvgIpc) is 2.85. The Balaban J connectivity index is 1.90. The molecule has 3 rings (SSSR count). The fourth-order valence-corrected chi connectivity index (χ4v) is 2.21. The molecular formula is C15H16N4O. The zero-order chi connectivity index (χ0) is 13.9. The van der Waals surface area contributed by atoms with Crippen molar-refractivity contribution in [3.8, 4) is 5.75 Å². The first kappa shape index (κ1) is 12.5. The topological polar surface area (TPSA) is 66.0 Å². The summed E-state index contributed by atoms with van der Waals surface area (Å²) in [6, 6.07) is 11.7. The highest BCUT2D eigenvalue weighted by Gasteiger charge is 2.10. The normalized spacial score (nSPS) is 10.8. The van der Waals surface area contributed by atoms with E-state index in [9.17, 15) is 0 Å². The molecule has 102 valence electrons. The van der Waals surface area contributed by atoms with E-state index in [1.54, 1.807) is 18.3 Å². The van der Waals surface area contributed by atoms with Gasteiger partial charge in [-0.05, 0) is 25.1 Å². The molecular weight excluding hydrogens is 252 g/mol. The molecule has 0 atom stereocenters. The Hall–Kier alpha value is -2.56. The van der Waals surface area contributed by atoms with E-state index >= 15 is 0 Å². The number of pyridine rings is 1. The van der Waals surface area contributed by atoms with E-state index < -0.39 is 0 Å². The predicted molar refractivity (Wildman–Crippen MR) is 78.4 cm³/mol. The Morgan fingerprint density at radius 3 is 2.85 bits per heavy atom. The Kier molecular flexibility index (Phi) is 3.25. The van der Waals surface area contributed by atoms with Crippen LogP contribution in [0.2, 0.25) is 0 Å². The molecule has 5 nitrogen and oxygen atoms in total. The summed E-state index contributed by atoms with van der Waals surface area (Å²) >= 11 is 0. The quantitative estimate of drug-likeness (QED) is 0.790. The summed E-state index contributed by atoms with van der Waals surface area (Å²) in [6.07, 6.45) is 1.64. The predicted octanol–water partition coefficient (Wildman–Crippen LogP) is 2.61. The van der Waals surface area contributed by atoms with Crippen LogP contribution in [-0.2, 0) is 13.2 Å². The molecule has 0 saturated heterocycles. The van der Waals surface area contributed by atoms with E-state index in [0.29, 0.717) is 18.2 Å². The van der Waals surface area contributed by atoms with Gasteiger partial charge in [-0.15, -0.1) is 0 Å². The van der Waals surface area contributed by atoms with Crippen LogP contribution in [0.5, 0.6) is 5.75 Å². The molecule has 0 saturated carbocycles. The van der Waals surface area contributed by atoms with E-state index in [1.807, 2.05) is 16.8 Å². The molecule has 2 N–H and O–H groups in total. The van der Waals surface area contributed by atoms with Crippen molar-refractivity contribution >= 4 is 16.7 Å². The molecule has 5 heteroatoms. The number of benzene rings is 1. The summed E-state index contributed by atoms with van der Waals surface area (Å²) in [5.41, 5.74) is 7.79. The van der Waals surface area contributed by atoms with Crippen molar-refractivity contribution in [1.29, 1.82) is 0 Å². The molecule has 0 radical (unpaired) electrons. The van der Waals surface area contributed by atoms with Crippen LogP contribution in [0.25, 0.3) is 10.9 Å². The summed E-state index contributed by atoms with van der Waals surface area (Å²) in [6.45, 7) is 3.28. The molecule has 3 aromatic rings. The molecule has 2 heterocycles. The number of hydrogen-bond donors (Lipinski definition) is 1. The highest BCUT2D eigenvalue weighted by molar-refractivity contribution is 5.81. The second-order valence-electron chi connectivity index (χ2n) is 4.46. The Morgan fingerprint density at radius 1 is 1.20 bits per heavy atom. The summed E-state index contributed by atoms with van der Waals surface area (Å²) in [5.74, 6) is 0.981. The van der Waals surface area contributed by atoms with Crippen LogP contribution in [-0.4, -0.2) is 14.8 Å². The third kappa shape index (κ3) is 2.18. The number of hydrogen-bond acceptors (Lipinski definition) is 4. The summed E-state index contributed by atoms with van der Waals surface area (Å²) in [4.78, 5) is 4.00. The maximum atomic E-state index is 5.77. The number of nitrogens with two attached hydrogens (primary N) is 1. The van der Waals surface area contributed by atoms with Gasteiger partial charge in [0.1, 0.15) is 12.3 Å². The third-order valence-electron chi connectivity index (χ3n) is 3.20. The van der Waals surface area contributed by atoms with Crippen LogP contribution < -0.4 is 10.5 Å². The van der Waals surface area contributed by atoms with Crippen molar-refractivity contribution in [2.45, 2.75) is 20.1 Å². The van der Waals surface area contributed by atoms with Gasteiger partial charge in [-0.1, -0.05) is 18.2 Å². The number of nitrogens with zero attached hydrogens (tertiary/aromatic N) is 3. The van der Waals surface area contributed by atoms with E-state index in [0.717, 1.165) is 23.1 Å². The zero-order valence-corrected chi connectivity index (χ0v) is 11.3. The van der Waals surface area contributed by atoms with Gasteiger partial charge in [-0.2, -0.15) is 5.10 Å². The molecule has 0 aliphatic rings. The highest BCUT2D eigenvalue weighted by Crippen LogP contribution is 2.22. The smallest absolute Gasteiger partial charge is 0.166 e. The minimum Gasteiger partial charge on any atom is -0.483 e. The Bertz CT molecular complexity index is 736. The number of fused-ring (bicyclic) bond motifs is 1. The monoisotopic (exact) mass is 268 g/mol. The lowest BCUT2D eigenvalue weighted by Crippen LogP contribution is -2.02. The van der Waals surface area contributed by atoms with Gasteiger partial charge in [-0.3, -0.25) is 4.68 Å². The number of anilines is 1. The van der Waals surface area contributed by atoms with Crippen LogP contribution in [0.15, 0.2) is 42.6 Å². The summed E-state index contributed by atoms with van der Waals surface area (Å²) < 4.78 is 7.70. The first-order chi connectivity index (χ1) is 9.79. The largest absolute Gasteiger partial charge is 0.483 e. The van der Waals surface area contributed by atoms with Crippen molar-refractivity contribution < 1.29 is 4.74 Å². The Labute approximate surface area is 117 Å². The van der Waals surface area contributed by atoms with E-state index in [-0.39, 0.29) is 0 Å². The van der Waals surface area contributed by atoms with Gasteiger partial charge >= 0.3 is 0 Å². The van der Waals surface area contributed by atoms with Crippen LogP contribution in [0.4, 0.5) is 5.82 Å².